The quantitative estimate of drug-likeness (QED) is 0.324. The molecule has 0 saturated heterocycles. The second kappa shape index (κ2) is 8.56. The summed E-state index contributed by atoms with van der Waals surface area (Å²) in [4.78, 5) is 21.5. The van der Waals surface area contributed by atoms with Crippen molar-refractivity contribution >= 4 is 11.9 Å². The number of hydrogen-bond acceptors (Lipinski definition) is 4. The molecule has 17 heavy (non-hydrogen) atoms. The number of carbonyl (C=O) groups is 2. The number of hydrogen-bond donors (Lipinski definition) is 4. The van der Waals surface area contributed by atoms with Crippen molar-refractivity contribution in [1.82, 2.24) is 5.32 Å². The fourth-order valence-corrected chi connectivity index (χ4v) is 1.15. The lowest BCUT2D eigenvalue weighted by Gasteiger charge is -2.09. The molecule has 6 heteroatoms. The van der Waals surface area contributed by atoms with Crippen LogP contribution in [0.3, 0.4) is 0 Å². The lowest BCUT2D eigenvalue weighted by Crippen LogP contribution is -2.35. The van der Waals surface area contributed by atoms with Gasteiger partial charge in [0.05, 0.1) is 0 Å². The maximum Gasteiger partial charge on any atom is 0.320 e. The van der Waals surface area contributed by atoms with E-state index in [1.54, 1.807) is 0 Å². The summed E-state index contributed by atoms with van der Waals surface area (Å²) >= 11 is 0. The van der Waals surface area contributed by atoms with Gasteiger partial charge in [-0.25, -0.2) is 0 Å². The molecule has 0 aromatic heterocycles. The van der Waals surface area contributed by atoms with E-state index in [9.17, 15) is 14.7 Å². The van der Waals surface area contributed by atoms with Crippen molar-refractivity contribution in [2.75, 3.05) is 6.54 Å². The van der Waals surface area contributed by atoms with Crippen LogP contribution in [0.4, 0.5) is 0 Å². The molecule has 0 bridgehead atoms. The van der Waals surface area contributed by atoms with Gasteiger partial charge in [0.2, 0.25) is 5.91 Å². The summed E-state index contributed by atoms with van der Waals surface area (Å²) in [5, 5.41) is 20.2. The van der Waals surface area contributed by atoms with Crippen molar-refractivity contribution in [1.29, 1.82) is 0 Å². The number of amides is 1. The van der Waals surface area contributed by atoms with E-state index in [2.05, 4.69) is 11.2 Å². The van der Waals surface area contributed by atoms with E-state index in [4.69, 9.17) is 17.3 Å². The number of aliphatic carboxylic acids is 1. The number of rotatable bonds is 8. The van der Waals surface area contributed by atoms with Crippen LogP contribution in [0.2, 0.25) is 0 Å². The Bertz CT molecular complexity index is 298. The lowest BCUT2D eigenvalue weighted by molar-refractivity contribution is -0.138. The summed E-state index contributed by atoms with van der Waals surface area (Å²) in [7, 11) is 0. The average molecular weight is 242 g/mol. The highest BCUT2D eigenvalue weighted by Gasteiger charge is 2.13. The Hall–Kier alpha value is -1.58. The number of unbranched alkanes of at least 4 members (excludes halogenated alkanes) is 1. The molecule has 0 aliphatic rings. The fourth-order valence-electron chi connectivity index (χ4n) is 1.15. The molecule has 0 radical (unpaired) electrons. The zero-order valence-electron chi connectivity index (χ0n) is 9.56. The van der Waals surface area contributed by atoms with Gasteiger partial charge in [-0.05, 0) is 19.3 Å². The number of terminal acetylenes is 1. The largest absolute Gasteiger partial charge is 0.480 e. The molecule has 0 aliphatic carbocycles. The lowest BCUT2D eigenvalue weighted by atomic mass is 10.1. The minimum Gasteiger partial charge on any atom is -0.480 e. The summed E-state index contributed by atoms with van der Waals surface area (Å²) in [6.07, 6.45) is 5.31. The molecule has 2 atom stereocenters. The van der Waals surface area contributed by atoms with Crippen LogP contribution >= 0.6 is 0 Å². The minimum atomic E-state index is -1.18. The van der Waals surface area contributed by atoms with E-state index in [0.717, 1.165) is 0 Å². The number of carboxylic acid groups (broad SMARTS) is 1. The highest BCUT2D eigenvalue weighted by atomic mass is 16.4. The Morgan fingerprint density at radius 1 is 1.41 bits per heavy atom. The molecule has 0 fully saturated rings. The SMILES string of the molecule is C#CCC(O)C(=O)NCCCCC(N)C(=O)O. The van der Waals surface area contributed by atoms with Crippen LogP contribution in [-0.2, 0) is 9.59 Å². The van der Waals surface area contributed by atoms with Crippen LogP contribution in [0.15, 0.2) is 0 Å². The van der Waals surface area contributed by atoms with E-state index in [-0.39, 0.29) is 6.42 Å². The Labute approximate surface area is 100 Å². The van der Waals surface area contributed by atoms with Gasteiger partial charge in [-0.3, -0.25) is 9.59 Å². The summed E-state index contributed by atoms with van der Waals surface area (Å²) in [5.74, 6) is 0.647. The van der Waals surface area contributed by atoms with Crippen molar-refractivity contribution in [3.63, 3.8) is 0 Å². The van der Waals surface area contributed by atoms with Crippen LogP contribution in [-0.4, -0.2) is 40.8 Å². The number of carbonyl (C=O) groups excluding carboxylic acids is 1. The molecule has 6 nitrogen and oxygen atoms in total. The summed E-state index contributed by atoms with van der Waals surface area (Å²) in [5.41, 5.74) is 5.30. The first-order chi connectivity index (χ1) is 7.99. The summed E-state index contributed by atoms with van der Waals surface area (Å²) in [6.45, 7) is 0.368. The molecule has 0 rings (SSSR count). The second-order valence-electron chi connectivity index (χ2n) is 3.66. The van der Waals surface area contributed by atoms with Gasteiger partial charge in [0.25, 0.3) is 0 Å². The molecule has 0 heterocycles. The predicted molar refractivity (Wildman–Crippen MR) is 61.9 cm³/mol. The van der Waals surface area contributed by atoms with Crippen molar-refractivity contribution < 1.29 is 19.8 Å². The topological polar surface area (TPSA) is 113 Å². The number of aliphatic hydroxyl groups is 1. The van der Waals surface area contributed by atoms with Gasteiger partial charge in [0.1, 0.15) is 12.1 Å². The Balaban J connectivity index is 3.55. The Kier molecular flexibility index (Phi) is 7.76. The van der Waals surface area contributed by atoms with Crippen LogP contribution < -0.4 is 11.1 Å². The molecule has 0 aliphatic heterocycles. The molecule has 5 N–H and O–H groups in total. The monoisotopic (exact) mass is 242 g/mol. The standard InChI is InChI=1S/C11H18N2O4/c1-2-5-9(14)10(15)13-7-4-3-6-8(12)11(16)17/h1,8-9,14H,3-7,12H2,(H,13,15)(H,16,17). The molecular weight excluding hydrogens is 224 g/mol. The van der Waals surface area contributed by atoms with Gasteiger partial charge in [-0.15, -0.1) is 12.3 Å². The van der Waals surface area contributed by atoms with Gasteiger partial charge in [0.15, 0.2) is 0 Å². The molecule has 0 saturated carbocycles. The third-order valence-electron chi connectivity index (χ3n) is 2.17. The van der Waals surface area contributed by atoms with Crippen LogP contribution in [0.5, 0.6) is 0 Å². The molecule has 2 unspecified atom stereocenters. The first-order valence-corrected chi connectivity index (χ1v) is 5.36. The van der Waals surface area contributed by atoms with Crippen LogP contribution in [0, 0.1) is 12.3 Å². The molecule has 1 amide bonds. The molecule has 0 aromatic rings. The fraction of sp³-hybridized carbons (Fsp3) is 0.636. The average Bonchev–Trinajstić information content (AvgIpc) is 2.28. The number of nitrogens with one attached hydrogen (secondary N) is 1. The van der Waals surface area contributed by atoms with Crippen LogP contribution in [0.1, 0.15) is 25.7 Å². The van der Waals surface area contributed by atoms with E-state index < -0.39 is 24.0 Å². The van der Waals surface area contributed by atoms with Gasteiger partial charge in [0, 0.05) is 13.0 Å². The van der Waals surface area contributed by atoms with E-state index in [1.807, 2.05) is 0 Å². The van der Waals surface area contributed by atoms with Gasteiger partial charge in [-0.2, -0.15) is 0 Å². The molecule has 0 aromatic carbocycles. The minimum absolute atomic E-state index is 0.0181. The first-order valence-electron chi connectivity index (χ1n) is 5.36. The number of nitrogens with two attached hydrogens (primary N) is 1. The third-order valence-corrected chi connectivity index (χ3v) is 2.17. The first kappa shape index (κ1) is 15.4. The van der Waals surface area contributed by atoms with Crippen molar-refractivity contribution in [3.05, 3.63) is 0 Å². The second-order valence-corrected chi connectivity index (χ2v) is 3.66. The number of carboxylic acids is 1. The maximum absolute atomic E-state index is 11.2. The third kappa shape index (κ3) is 7.33. The van der Waals surface area contributed by atoms with Crippen molar-refractivity contribution in [3.8, 4) is 12.3 Å². The predicted octanol–water partition coefficient (Wildman–Crippen LogP) is -0.931. The molecule has 96 valence electrons. The zero-order chi connectivity index (χ0) is 13.3. The summed E-state index contributed by atoms with van der Waals surface area (Å²) < 4.78 is 0. The van der Waals surface area contributed by atoms with Crippen molar-refractivity contribution in [2.24, 2.45) is 5.73 Å². The highest BCUT2D eigenvalue weighted by molar-refractivity contribution is 5.80. The molecule has 0 spiro atoms. The van der Waals surface area contributed by atoms with E-state index in [1.165, 1.54) is 0 Å². The normalized spacial score (nSPS) is 13.5. The van der Waals surface area contributed by atoms with Crippen LogP contribution in [0.25, 0.3) is 0 Å². The van der Waals surface area contributed by atoms with Gasteiger partial charge >= 0.3 is 5.97 Å². The number of aliphatic hydroxyl groups excluding tert-OH is 1. The highest BCUT2D eigenvalue weighted by Crippen LogP contribution is 1.98. The summed E-state index contributed by atoms with van der Waals surface area (Å²) in [6, 6.07) is -0.863. The molecular formula is C11H18N2O4. The van der Waals surface area contributed by atoms with E-state index >= 15 is 0 Å². The Morgan fingerprint density at radius 2 is 2.06 bits per heavy atom. The Morgan fingerprint density at radius 3 is 2.59 bits per heavy atom. The zero-order valence-corrected chi connectivity index (χ0v) is 9.56. The van der Waals surface area contributed by atoms with E-state index in [0.29, 0.717) is 25.8 Å². The van der Waals surface area contributed by atoms with Crippen molar-refractivity contribution in [2.45, 2.75) is 37.8 Å². The maximum atomic E-state index is 11.2. The van der Waals surface area contributed by atoms with Gasteiger partial charge in [-0.1, -0.05) is 0 Å². The van der Waals surface area contributed by atoms with Gasteiger partial charge < -0.3 is 21.3 Å². The smallest absolute Gasteiger partial charge is 0.320 e.